The van der Waals surface area contributed by atoms with Crippen LogP contribution < -0.4 is 25.8 Å². The van der Waals surface area contributed by atoms with Crippen LogP contribution in [0.4, 0.5) is 4.79 Å². The van der Waals surface area contributed by atoms with Crippen LogP contribution in [0.2, 0.25) is 0 Å². The monoisotopic (exact) mass is 644 g/mol. The van der Waals surface area contributed by atoms with Gasteiger partial charge in [-0.05, 0) is 83.2 Å². The number of amides is 3. The van der Waals surface area contributed by atoms with E-state index in [9.17, 15) is 27.9 Å². The molecule has 0 aromatic heterocycles. The molecular formula is C31H44N6O7S. The van der Waals surface area contributed by atoms with Crippen LogP contribution in [-0.4, -0.2) is 80.1 Å². The Morgan fingerprint density at radius 2 is 1.76 bits per heavy atom. The molecule has 1 aliphatic rings. The molecule has 3 amide bonds. The molecule has 45 heavy (non-hydrogen) atoms. The van der Waals surface area contributed by atoms with Gasteiger partial charge >= 0.3 is 6.09 Å². The maximum atomic E-state index is 13.4. The van der Waals surface area contributed by atoms with Crippen molar-refractivity contribution >= 4 is 33.9 Å². The second-order valence-corrected chi connectivity index (χ2v) is 13.6. The number of hydrogen-bond acceptors (Lipinski definition) is 7. The van der Waals surface area contributed by atoms with Crippen LogP contribution >= 0.6 is 0 Å². The van der Waals surface area contributed by atoms with E-state index in [1.54, 1.807) is 51.1 Å². The highest BCUT2D eigenvalue weighted by molar-refractivity contribution is 7.90. The van der Waals surface area contributed by atoms with Crippen molar-refractivity contribution in [3.63, 3.8) is 0 Å². The van der Waals surface area contributed by atoms with E-state index in [4.69, 9.17) is 10.5 Å². The number of carbonyl (C=O) groups excluding carboxylic acids is 2. The van der Waals surface area contributed by atoms with Crippen molar-refractivity contribution in [3.8, 4) is 5.75 Å². The van der Waals surface area contributed by atoms with Crippen LogP contribution in [0, 0.1) is 20.8 Å². The van der Waals surface area contributed by atoms with Crippen LogP contribution in [0.1, 0.15) is 66.2 Å². The number of aliphatic imine (C=N–C) groups is 1. The number of guanidine groups is 1. The fourth-order valence-electron chi connectivity index (χ4n) is 5.16. The van der Waals surface area contributed by atoms with Crippen molar-refractivity contribution in [1.82, 2.24) is 20.3 Å². The predicted molar refractivity (Wildman–Crippen MR) is 171 cm³/mol. The first-order valence-corrected chi connectivity index (χ1v) is 16.2. The summed E-state index contributed by atoms with van der Waals surface area (Å²) in [6.45, 7) is 11.0. The van der Waals surface area contributed by atoms with Crippen LogP contribution in [0.15, 0.2) is 40.2 Å². The largest absolute Gasteiger partial charge is 0.487 e. The highest BCUT2D eigenvalue weighted by Crippen LogP contribution is 2.43. The fourth-order valence-corrected chi connectivity index (χ4v) is 6.68. The number of hydrogen-bond donors (Lipinski definition) is 5. The molecule has 0 saturated heterocycles. The van der Waals surface area contributed by atoms with Crippen molar-refractivity contribution in [2.45, 2.75) is 83.4 Å². The summed E-state index contributed by atoms with van der Waals surface area (Å²) < 4.78 is 35.4. The van der Waals surface area contributed by atoms with Crippen molar-refractivity contribution in [2.75, 3.05) is 20.1 Å². The van der Waals surface area contributed by atoms with E-state index in [0.717, 1.165) is 21.8 Å². The summed E-state index contributed by atoms with van der Waals surface area (Å²) >= 11 is 0. The molecule has 0 bridgehead atoms. The molecule has 13 nitrogen and oxygen atoms in total. The Hall–Kier alpha value is -4.33. The van der Waals surface area contributed by atoms with E-state index < -0.39 is 45.6 Å². The summed E-state index contributed by atoms with van der Waals surface area (Å²) in [6.07, 6.45) is -0.115. The van der Waals surface area contributed by atoms with Gasteiger partial charge in [-0.3, -0.25) is 14.6 Å². The maximum Gasteiger partial charge on any atom is 0.407 e. The van der Waals surface area contributed by atoms with Crippen LogP contribution in [0.25, 0.3) is 0 Å². The third kappa shape index (κ3) is 8.65. The molecular weight excluding hydrogens is 600 g/mol. The standard InChI is InChI=1S/C31H44N6O7S/c1-18(37(7)30(40)41)17-34-28(39)24(35-27(38)22-12-9-8-10-13-22)14-11-15-33-29(32)36-45(42,43)26-20(3)19(2)25-23(21(26)4)16-31(5,6)44-25/h8-10,12-13,18,24H,11,14-17H2,1-7H3,(H,34,39)(H,35,38)(H,40,41)(H3,32,33,36). The smallest absolute Gasteiger partial charge is 0.407 e. The lowest BCUT2D eigenvalue weighted by molar-refractivity contribution is -0.123. The number of nitrogens with one attached hydrogen (secondary N) is 3. The Morgan fingerprint density at radius 3 is 2.38 bits per heavy atom. The molecule has 0 spiro atoms. The molecule has 2 unspecified atom stereocenters. The molecule has 246 valence electrons. The van der Waals surface area contributed by atoms with Gasteiger partial charge in [0.2, 0.25) is 11.9 Å². The third-order valence-electron chi connectivity index (χ3n) is 7.92. The number of rotatable bonds is 12. The first-order valence-electron chi connectivity index (χ1n) is 14.7. The Balaban J connectivity index is 1.69. The van der Waals surface area contributed by atoms with Gasteiger partial charge in [0.05, 0.1) is 4.90 Å². The van der Waals surface area contributed by atoms with E-state index in [1.807, 2.05) is 20.8 Å². The van der Waals surface area contributed by atoms with E-state index in [-0.39, 0.29) is 36.8 Å². The number of benzene rings is 2. The SMILES string of the molecule is Cc1c(C)c(S(=O)(=O)NC(N)=NCCCC(NC(=O)c2ccccc2)C(=O)NCC(C)N(C)C(=O)O)c(C)c2c1OC(C)(C)C2. The molecule has 2 aromatic carbocycles. The Labute approximate surface area is 264 Å². The molecule has 0 radical (unpaired) electrons. The summed E-state index contributed by atoms with van der Waals surface area (Å²) in [5.41, 5.74) is 8.69. The second kappa shape index (κ2) is 14.2. The number of fused-ring (bicyclic) bond motifs is 1. The number of ether oxygens (including phenoxy) is 1. The zero-order valence-electron chi connectivity index (χ0n) is 26.9. The lowest BCUT2D eigenvalue weighted by Crippen LogP contribution is -2.50. The second-order valence-electron chi connectivity index (χ2n) is 11.9. The van der Waals surface area contributed by atoms with Gasteiger partial charge in [-0.25, -0.2) is 17.9 Å². The first kappa shape index (κ1) is 35.2. The van der Waals surface area contributed by atoms with Gasteiger partial charge in [-0.15, -0.1) is 0 Å². The lowest BCUT2D eigenvalue weighted by Gasteiger charge is -2.24. The molecule has 3 rings (SSSR count). The van der Waals surface area contributed by atoms with Crippen LogP contribution in [0.5, 0.6) is 5.75 Å². The minimum absolute atomic E-state index is 0.0385. The summed E-state index contributed by atoms with van der Waals surface area (Å²) in [5.74, 6) is -0.528. The average Bonchev–Trinajstić information content (AvgIpc) is 3.31. The summed E-state index contributed by atoms with van der Waals surface area (Å²) in [6, 6.07) is 6.94. The highest BCUT2D eigenvalue weighted by atomic mass is 32.2. The van der Waals surface area contributed by atoms with E-state index in [1.165, 1.54) is 7.05 Å². The Morgan fingerprint density at radius 1 is 1.11 bits per heavy atom. The quantitative estimate of drug-likeness (QED) is 0.132. The minimum atomic E-state index is -4.07. The molecule has 14 heteroatoms. The molecule has 0 fully saturated rings. The van der Waals surface area contributed by atoms with Crippen molar-refractivity contribution in [2.24, 2.45) is 10.7 Å². The van der Waals surface area contributed by atoms with Crippen molar-refractivity contribution in [3.05, 3.63) is 58.1 Å². The normalized spacial score (nSPS) is 15.3. The molecule has 0 saturated carbocycles. The maximum absolute atomic E-state index is 13.4. The topological polar surface area (TPSA) is 193 Å². The first-order chi connectivity index (χ1) is 20.9. The highest BCUT2D eigenvalue weighted by Gasteiger charge is 2.36. The van der Waals surface area contributed by atoms with Gasteiger partial charge in [0.25, 0.3) is 15.9 Å². The Bertz CT molecular complexity index is 1570. The van der Waals surface area contributed by atoms with Gasteiger partial charge in [0.15, 0.2) is 0 Å². The summed E-state index contributed by atoms with van der Waals surface area (Å²) in [4.78, 5) is 42.4. The zero-order chi connectivity index (χ0) is 33.7. The van der Waals surface area contributed by atoms with Gasteiger partial charge in [0, 0.05) is 43.7 Å². The van der Waals surface area contributed by atoms with Crippen molar-refractivity contribution in [1.29, 1.82) is 0 Å². The summed E-state index contributed by atoms with van der Waals surface area (Å²) in [5, 5.41) is 14.6. The van der Waals surface area contributed by atoms with E-state index in [2.05, 4.69) is 20.3 Å². The van der Waals surface area contributed by atoms with Crippen molar-refractivity contribution < 1.29 is 32.6 Å². The number of nitrogens with two attached hydrogens (primary N) is 1. The van der Waals surface area contributed by atoms with Crippen LogP contribution in [-0.2, 0) is 21.2 Å². The van der Waals surface area contributed by atoms with Gasteiger partial charge in [-0.2, -0.15) is 0 Å². The lowest BCUT2D eigenvalue weighted by atomic mass is 9.94. The minimum Gasteiger partial charge on any atom is -0.487 e. The predicted octanol–water partition coefficient (Wildman–Crippen LogP) is 2.61. The average molecular weight is 645 g/mol. The zero-order valence-corrected chi connectivity index (χ0v) is 27.7. The van der Waals surface area contributed by atoms with Gasteiger partial charge in [-0.1, -0.05) is 18.2 Å². The molecule has 1 heterocycles. The van der Waals surface area contributed by atoms with Crippen LogP contribution in [0.3, 0.4) is 0 Å². The molecule has 0 aliphatic carbocycles. The number of nitrogens with zero attached hydrogens (tertiary/aromatic N) is 2. The van der Waals surface area contributed by atoms with E-state index >= 15 is 0 Å². The summed E-state index contributed by atoms with van der Waals surface area (Å²) in [7, 11) is -2.68. The number of carbonyl (C=O) groups is 3. The fraction of sp³-hybridized carbons (Fsp3) is 0.484. The molecule has 2 aromatic rings. The molecule has 6 N–H and O–H groups in total. The molecule has 1 aliphatic heterocycles. The van der Waals surface area contributed by atoms with Gasteiger partial charge < -0.3 is 31.1 Å². The van der Waals surface area contributed by atoms with Gasteiger partial charge in [0.1, 0.15) is 17.4 Å². The number of likely N-dealkylation sites (N-methyl/N-ethyl adjacent to an activating group) is 1. The third-order valence-corrected chi connectivity index (χ3v) is 9.55. The number of carboxylic acid groups (broad SMARTS) is 1. The van der Waals surface area contributed by atoms with E-state index in [0.29, 0.717) is 23.1 Å². The Kier molecular flexibility index (Phi) is 11.1. The number of sulfonamides is 1. The molecule has 2 atom stereocenters.